The van der Waals surface area contributed by atoms with E-state index in [1.54, 1.807) is 30.3 Å². The van der Waals surface area contributed by atoms with E-state index in [2.05, 4.69) is 5.32 Å². The fraction of sp³-hybridized carbons (Fsp3) is 0.0476. The number of esters is 1. The summed E-state index contributed by atoms with van der Waals surface area (Å²) in [5.41, 5.74) is 1.52. The van der Waals surface area contributed by atoms with Crippen LogP contribution in [0.4, 0.5) is 5.69 Å². The van der Waals surface area contributed by atoms with Gasteiger partial charge in [0.25, 0.3) is 5.91 Å². The summed E-state index contributed by atoms with van der Waals surface area (Å²) in [6.45, 7) is -0.499. The molecule has 0 atom stereocenters. The van der Waals surface area contributed by atoms with Crippen LogP contribution in [0.2, 0.25) is 4.34 Å². The van der Waals surface area contributed by atoms with Crippen LogP contribution in [0.5, 0.6) is 0 Å². The van der Waals surface area contributed by atoms with Crippen LogP contribution in [0.15, 0.2) is 54.6 Å². The van der Waals surface area contributed by atoms with Gasteiger partial charge in [-0.1, -0.05) is 35.9 Å². The number of rotatable bonds is 4. The molecule has 4 rings (SSSR count). The van der Waals surface area contributed by atoms with Crippen LogP contribution < -0.4 is 5.32 Å². The average Bonchev–Trinajstić information content (AvgIpc) is 3.16. The van der Waals surface area contributed by atoms with Crippen molar-refractivity contribution in [2.45, 2.75) is 0 Å². The second kappa shape index (κ2) is 7.62. The Kier molecular flexibility index (Phi) is 5.00. The summed E-state index contributed by atoms with van der Waals surface area (Å²) in [5, 5.41) is 2.56. The minimum Gasteiger partial charge on any atom is -0.451 e. The number of hydrogen-bond acceptors (Lipinski definition) is 6. The van der Waals surface area contributed by atoms with E-state index in [4.69, 9.17) is 16.3 Å². The van der Waals surface area contributed by atoms with Gasteiger partial charge in [0.15, 0.2) is 18.2 Å². The summed E-state index contributed by atoms with van der Waals surface area (Å²) in [6, 6.07) is 14.2. The third-order valence-corrected chi connectivity index (χ3v) is 5.53. The molecule has 1 amide bonds. The maximum absolute atomic E-state index is 12.7. The quantitative estimate of drug-likeness (QED) is 0.499. The molecule has 0 spiro atoms. The number of anilines is 1. The van der Waals surface area contributed by atoms with Gasteiger partial charge in [-0.25, -0.2) is 4.79 Å². The van der Waals surface area contributed by atoms with E-state index >= 15 is 0 Å². The normalized spacial score (nSPS) is 12.2. The van der Waals surface area contributed by atoms with E-state index in [0.717, 1.165) is 11.3 Å². The summed E-state index contributed by atoms with van der Waals surface area (Å²) >= 11 is 6.82. The highest BCUT2D eigenvalue weighted by atomic mass is 35.5. The zero-order valence-corrected chi connectivity index (χ0v) is 16.3. The minimum atomic E-state index is -0.653. The first-order valence-corrected chi connectivity index (χ1v) is 9.68. The van der Waals surface area contributed by atoms with E-state index < -0.39 is 18.5 Å². The molecule has 1 aliphatic carbocycles. The van der Waals surface area contributed by atoms with Gasteiger partial charge < -0.3 is 10.1 Å². The van der Waals surface area contributed by atoms with E-state index in [9.17, 15) is 19.2 Å². The van der Waals surface area contributed by atoms with Gasteiger partial charge in [-0.3, -0.25) is 14.4 Å². The number of ketones is 2. The summed E-state index contributed by atoms with van der Waals surface area (Å²) < 4.78 is 5.39. The molecule has 8 heteroatoms. The first-order chi connectivity index (χ1) is 13.9. The second-order valence-electron chi connectivity index (χ2n) is 6.19. The zero-order valence-electron chi connectivity index (χ0n) is 14.7. The van der Waals surface area contributed by atoms with Gasteiger partial charge in [0.05, 0.1) is 4.34 Å². The number of amides is 1. The van der Waals surface area contributed by atoms with Crippen molar-refractivity contribution in [3.63, 3.8) is 0 Å². The Hall–Kier alpha value is -3.29. The van der Waals surface area contributed by atoms with Crippen molar-refractivity contribution in [2.24, 2.45) is 0 Å². The van der Waals surface area contributed by atoms with E-state index in [1.165, 1.54) is 24.3 Å². The van der Waals surface area contributed by atoms with E-state index in [1.807, 2.05) is 0 Å². The molecule has 1 aliphatic rings. The minimum absolute atomic E-state index is 0.219. The maximum atomic E-state index is 12.7. The van der Waals surface area contributed by atoms with Crippen molar-refractivity contribution in [1.82, 2.24) is 0 Å². The topological polar surface area (TPSA) is 89.5 Å². The molecule has 29 heavy (non-hydrogen) atoms. The summed E-state index contributed by atoms with van der Waals surface area (Å²) in [6.07, 6.45) is 0. The van der Waals surface area contributed by atoms with Crippen LogP contribution in [0, 0.1) is 0 Å². The van der Waals surface area contributed by atoms with Crippen molar-refractivity contribution in [1.29, 1.82) is 0 Å². The zero-order chi connectivity index (χ0) is 20.5. The predicted molar refractivity (Wildman–Crippen MR) is 108 cm³/mol. The average molecular weight is 426 g/mol. The highest BCUT2D eigenvalue weighted by Crippen LogP contribution is 2.29. The molecule has 3 aromatic rings. The van der Waals surface area contributed by atoms with E-state index in [-0.39, 0.29) is 22.7 Å². The number of benzene rings is 2. The van der Waals surface area contributed by atoms with Crippen molar-refractivity contribution in [3.05, 3.63) is 86.1 Å². The van der Waals surface area contributed by atoms with Crippen LogP contribution in [0.1, 0.15) is 41.5 Å². The van der Waals surface area contributed by atoms with Crippen LogP contribution in [0.3, 0.4) is 0 Å². The molecule has 0 radical (unpaired) electrons. The Morgan fingerprint density at radius 1 is 0.897 bits per heavy atom. The number of carbonyl (C=O) groups is 4. The molecule has 0 unspecified atom stereocenters. The Bertz CT molecular complexity index is 1180. The lowest BCUT2D eigenvalue weighted by atomic mass is 9.84. The van der Waals surface area contributed by atoms with Crippen molar-refractivity contribution >= 4 is 52.1 Å². The summed E-state index contributed by atoms with van der Waals surface area (Å²) in [4.78, 5) is 49.6. The highest BCUT2D eigenvalue weighted by molar-refractivity contribution is 7.17. The van der Waals surface area contributed by atoms with Crippen molar-refractivity contribution < 1.29 is 23.9 Å². The number of carbonyl (C=O) groups excluding carboxylic acids is 4. The van der Waals surface area contributed by atoms with Crippen molar-refractivity contribution in [2.75, 3.05) is 11.9 Å². The van der Waals surface area contributed by atoms with Gasteiger partial charge in [0.2, 0.25) is 0 Å². The SMILES string of the molecule is O=C(COC(=O)c1ccc(Cl)s1)Nc1ccc2c(c1)C(=O)c1ccccc1C2=O. The fourth-order valence-electron chi connectivity index (χ4n) is 3.00. The highest BCUT2D eigenvalue weighted by Gasteiger charge is 2.29. The number of thiophene rings is 1. The van der Waals surface area contributed by atoms with Crippen LogP contribution >= 0.6 is 22.9 Å². The lowest BCUT2D eigenvalue weighted by Crippen LogP contribution is -2.23. The molecular formula is C21H12ClNO5S. The molecule has 0 aliphatic heterocycles. The molecule has 2 aromatic carbocycles. The molecule has 0 bridgehead atoms. The Labute approximate surface area is 174 Å². The molecular weight excluding hydrogens is 414 g/mol. The second-order valence-corrected chi connectivity index (χ2v) is 7.91. The molecule has 144 valence electrons. The Morgan fingerprint density at radius 3 is 2.21 bits per heavy atom. The maximum Gasteiger partial charge on any atom is 0.348 e. The number of nitrogens with one attached hydrogen (secondary N) is 1. The van der Waals surface area contributed by atoms with E-state index in [0.29, 0.717) is 26.0 Å². The Balaban J connectivity index is 1.47. The van der Waals surface area contributed by atoms with Crippen LogP contribution in [-0.2, 0) is 9.53 Å². The molecule has 0 fully saturated rings. The number of fused-ring (bicyclic) bond motifs is 2. The predicted octanol–water partition coefficient (Wildman–Crippen LogP) is 3.97. The number of hydrogen-bond donors (Lipinski definition) is 1. The summed E-state index contributed by atoms with van der Waals surface area (Å²) in [7, 11) is 0. The lowest BCUT2D eigenvalue weighted by molar-refractivity contribution is -0.119. The van der Waals surface area contributed by atoms with Gasteiger partial charge in [0.1, 0.15) is 4.88 Å². The molecule has 6 nitrogen and oxygen atoms in total. The van der Waals surface area contributed by atoms with Gasteiger partial charge in [-0.15, -0.1) is 11.3 Å². The first kappa shape index (κ1) is 19.0. The third-order valence-electron chi connectivity index (χ3n) is 4.32. The molecule has 0 saturated heterocycles. The molecule has 1 aromatic heterocycles. The van der Waals surface area contributed by atoms with Crippen LogP contribution in [-0.4, -0.2) is 30.0 Å². The van der Waals surface area contributed by atoms with Gasteiger partial charge in [0, 0.05) is 27.9 Å². The third kappa shape index (κ3) is 3.70. The standard InChI is InChI=1S/C21H12ClNO5S/c22-17-8-7-16(29-17)21(27)28-10-18(24)23-11-5-6-14-15(9-11)20(26)13-4-2-1-3-12(13)19(14)25/h1-9H,10H2,(H,23,24). The smallest absolute Gasteiger partial charge is 0.348 e. The summed E-state index contributed by atoms with van der Waals surface area (Å²) in [5.74, 6) is -1.75. The Morgan fingerprint density at radius 2 is 1.55 bits per heavy atom. The van der Waals surface area contributed by atoms with Gasteiger partial charge >= 0.3 is 5.97 Å². The van der Waals surface area contributed by atoms with Crippen molar-refractivity contribution in [3.8, 4) is 0 Å². The molecule has 0 saturated carbocycles. The first-order valence-electron chi connectivity index (χ1n) is 8.49. The lowest BCUT2D eigenvalue weighted by Gasteiger charge is -2.18. The number of ether oxygens (including phenoxy) is 1. The molecule has 1 N–H and O–H groups in total. The number of halogens is 1. The fourth-order valence-corrected chi connectivity index (χ4v) is 3.94. The van der Waals surface area contributed by atoms with Gasteiger partial charge in [-0.2, -0.15) is 0 Å². The van der Waals surface area contributed by atoms with Crippen LogP contribution in [0.25, 0.3) is 0 Å². The largest absolute Gasteiger partial charge is 0.451 e. The van der Waals surface area contributed by atoms with Gasteiger partial charge in [-0.05, 0) is 30.3 Å². The monoisotopic (exact) mass is 425 g/mol. The molecule has 1 heterocycles.